The van der Waals surface area contributed by atoms with Gasteiger partial charge in [-0.05, 0) is 36.5 Å². The number of fused-ring (bicyclic) bond motifs is 2. The molecule has 16 heavy (non-hydrogen) atoms. The van der Waals surface area contributed by atoms with Crippen LogP contribution in [0.1, 0.15) is 26.7 Å². The quantitative estimate of drug-likeness (QED) is 0.768. The van der Waals surface area contributed by atoms with Crippen molar-refractivity contribution in [1.82, 2.24) is 0 Å². The summed E-state index contributed by atoms with van der Waals surface area (Å²) in [5.74, 6) is 1.72. The molecule has 2 aliphatic rings. The molecule has 0 spiro atoms. The topological polar surface area (TPSA) is 66.7 Å². The maximum absolute atomic E-state index is 11.8. The number of rotatable bonds is 1. The molecule has 6 unspecified atom stereocenters. The van der Waals surface area contributed by atoms with Crippen LogP contribution in [0.4, 0.5) is 0 Å². The van der Waals surface area contributed by atoms with Crippen LogP contribution in [0.15, 0.2) is 4.36 Å². The zero-order valence-corrected chi connectivity index (χ0v) is 10.7. The number of hydrogen-bond acceptors (Lipinski definition) is 2. The third-order valence-corrected chi connectivity index (χ3v) is 4.99. The first kappa shape index (κ1) is 12.0. The second-order valence-corrected chi connectivity index (χ2v) is 7.12. The van der Waals surface area contributed by atoms with E-state index in [1.54, 1.807) is 0 Å². The van der Waals surface area contributed by atoms with Crippen LogP contribution in [0.2, 0.25) is 0 Å². The van der Waals surface area contributed by atoms with Gasteiger partial charge in [0.15, 0.2) is 10.0 Å². The highest BCUT2D eigenvalue weighted by molar-refractivity contribution is 7.87. The molecule has 2 aliphatic carbocycles. The zero-order valence-electron chi connectivity index (χ0n) is 9.92. The van der Waals surface area contributed by atoms with Crippen molar-refractivity contribution in [3.8, 4) is 0 Å². The Morgan fingerprint density at radius 3 is 2.38 bits per heavy atom. The molecule has 0 radical (unpaired) electrons. The molecule has 1 amide bonds. The van der Waals surface area contributed by atoms with Gasteiger partial charge in [0.25, 0.3) is 5.91 Å². The summed E-state index contributed by atoms with van der Waals surface area (Å²) in [7, 11) is -3.28. The van der Waals surface area contributed by atoms with E-state index >= 15 is 0 Å². The molecule has 2 saturated carbocycles. The smallest absolute Gasteiger partial charge is 0.258 e. The number of amides is 1. The Labute approximate surface area is 96.8 Å². The normalized spacial score (nSPS) is 45.4. The van der Waals surface area contributed by atoms with Crippen LogP contribution in [0.25, 0.3) is 0 Å². The number of hydrogen-bond donors (Lipinski definition) is 1. The molecule has 0 aromatic rings. The van der Waals surface area contributed by atoms with E-state index in [-0.39, 0.29) is 11.8 Å². The van der Waals surface area contributed by atoms with Gasteiger partial charge in [0.05, 0.1) is 0 Å². The molecule has 2 bridgehead atoms. The van der Waals surface area contributed by atoms with E-state index in [4.69, 9.17) is 4.55 Å². The molecule has 2 fully saturated rings. The highest BCUT2D eigenvalue weighted by Gasteiger charge is 2.51. The van der Waals surface area contributed by atoms with Crippen molar-refractivity contribution in [1.29, 1.82) is 0 Å². The summed E-state index contributed by atoms with van der Waals surface area (Å²) in [4.78, 5) is 11.8. The van der Waals surface area contributed by atoms with Crippen molar-refractivity contribution in [2.75, 3.05) is 6.26 Å². The molecule has 0 aliphatic heterocycles. The van der Waals surface area contributed by atoms with Gasteiger partial charge in [-0.15, -0.1) is 4.36 Å². The van der Waals surface area contributed by atoms with Crippen LogP contribution >= 0.6 is 0 Å². The molecule has 4 nitrogen and oxygen atoms in total. The lowest BCUT2D eigenvalue weighted by Gasteiger charge is -2.29. The van der Waals surface area contributed by atoms with Crippen molar-refractivity contribution in [2.45, 2.75) is 26.7 Å². The third kappa shape index (κ3) is 2.02. The summed E-state index contributed by atoms with van der Waals surface area (Å²) < 4.78 is 23.6. The van der Waals surface area contributed by atoms with Crippen LogP contribution in [0.5, 0.6) is 0 Å². The summed E-state index contributed by atoms with van der Waals surface area (Å²) in [6.45, 7) is 4.42. The molecule has 1 N–H and O–H groups in total. The lowest BCUT2D eigenvalue weighted by Crippen LogP contribution is -2.29. The van der Waals surface area contributed by atoms with E-state index in [2.05, 4.69) is 18.2 Å². The molecular formula is C11H19NO3S. The summed E-state index contributed by atoms with van der Waals surface area (Å²) in [6.07, 6.45) is 3.03. The van der Waals surface area contributed by atoms with Gasteiger partial charge >= 0.3 is 0 Å². The van der Waals surface area contributed by atoms with E-state index in [0.29, 0.717) is 23.7 Å². The van der Waals surface area contributed by atoms with Crippen molar-refractivity contribution in [3.63, 3.8) is 0 Å². The molecule has 0 saturated heterocycles. The van der Waals surface area contributed by atoms with E-state index in [9.17, 15) is 9.00 Å². The first-order valence-electron chi connectivity index (χ1n) is 5.78. The predicted octanol–water partition coefficient (Wildman–Crippen LogP) is 2.01. The SMILES string of the molecule is CC1C2CC(C(=O)N=S(C)(=O)O)C(C2)C1C. The van der Waals surface area contributed by atoms with Gasteiger partial charge in [-0.1, -0.05) is 13.8 Å². The van der Waals surface area contributed by atoms with Crippen molar-refractivity contribution >= 4 is 15.9 Å². The minimum absolute atomic E-state index is 0.107. The van der Waals surface area contributed by atoms with Crippen molar-refractivity contribution < 1.29 is 13.6 Å². The molecule has 0 heterocycles. The number of carbonyl (C=O) groups excluding carboxylic acids is 1. The van der Waals surface area contributed by atoms with Crippen LogP contribution < -0.4 is 0 Å². The highest BCUT2D eigenvalue weighted by atomic mass is 32.2. The summed E-state index contributed by atoms with van der Waals surface area (Å²) in [5.41, 5.74) is 0. The molecular weight excluding hydrogens is 226 g/mol. The van der Waals surface area contributed by atoms with Gasteiger partial charge < -0.3 is 4.55 Å². The Balaban J connectivity index is 2.16. The first-order valence-corrected chi connectivity index (χ1v) is 7.66. The Bertz CT molecular complexity index is 415. The second kappa shape index (κ2) is 3.81. The fourth-order valence-corrected chi connectivity index (χ4v) is 3.93. The van der Waals surface area contributed by atoms with Crippen LogP contribution in [-0.2, 0) is 14.8 Å². The molecule has 6 atom stereocenters. The predicted molar refractivity (Wildman–Crippen MR) is 62.2 cm³/mol. The van der Waals surface area contributed by atoms with Crippen molar-refractivity contribution in [3.05, 3.63) is 0 Å². The van der Waals surface area contributed by atoms with Gasteiger partial charge in [-0.25, -0.2) is 4.21 Å². The third-order valence-electron chi connectivity index (χ3n) is 4.47. The zero-order chi connectivity index (χ0) is 12.1. The van der Waals surface area contributed by atoms with E-state index in [0.717, 1.165) is 19.1 Å². The number of nitrogens with zero attached hydrogens (tertiary/aromatic N) is 1. The Kier molecular flexibility index (Phi) is 2.87. The average Bonchev–Trinajstić information content (AvgIpc) is 2.65. The highest BCUT2D eigenvalue weighted by Crippen LogP contribution is 2.55. The summed E-state index contributed by atoms with van der Waals surface area (Å²) in [5, 5.41) is 0. The average molecular weight is 245 g/mol. The van der Waals surface area contributed by atoms with Gasteiger partial charge in [0.1, 0.15) is 0 Å². The Morgan fingerprint density at radius 1 is 1.31 bits per heavy atom. The Hall–Kier alpha value is -0.420. The van der Waals surface area contributed by atoms with Crippen LogP contribution in [0.3, 0.4) is 0 Å². The van der Waals surface area contributed by atoms with Gasteiger partial charge in [-0.3, -0.25) is 4.79 Å². The minimum atomic E-state index is -3.28. The molecule has 0 aromatic carbocycles. The monoisotopic (exact) mass is 245 g/mol. The number of carbonyl (C=O) groups is 1. The lowest BCUT2D eigenvalue weighted by molar-refractivity contribution is -0.123. The molecule has 0 aromatic heterocycles. The van der Waals surface area contributed by atoms with Gasteiger partial charge in [-0.2, -0.15) is 0 Å². The lowest BCUT2D eigenvalue weighted by atomic mass is 9.75. The molecule has 5 heteroatoms. The largest absolute Gasteiger partial charge is 0.300 e. The first-order chi connectivity index (χ1) is 7.29. The van der Waals surface area contributed by atoms with E-state index in [1.807, 2.05) is 0 Å². The van der Waals surface area contributed by atoms with E-state index < -0.39 is 10.0 Å². The Morgan fingerprint density at radius 2 is 1.94 bits per heavy atom. The summed E-state index contributed by atoms with van der Waals surface area (Å²) >= 11 is 0. The van der Waals surface area contributed by atoms with Gasteiger partial charge in [0, 0.05) is 12.2 Å². The van der Waals surface area contributed by atoms with E-state index in [1.165, 1.54) is 0 Å². The van der Waals surface area contributed by atoms with Crippen LogP contribution in [0, 0.1) is 29.6 Å². The second-order valence-electron chi connectivity index (χ2n) is 5.41. The fourth-order valence-electron chi connectivity index (χ4n) is 3.46. The molecule has 2 rings (SSSR count). The molecule has 92 valence electrons. The van der Waals surface area contributed by atoms with Crippen LogP contribution in [-0.4, -0.2) is 20.9 Å². The summed E-state index contributed by atoms with van der Waals surface area (Å²) in [6, 6.07) is 0. The fraction of sp³-hybridized carbons (Fsp3) is 0.909. The maximum Gasteiger partial charge on any atom is 0.258 e. The van der Waals surface area contributed by atoms with Crippen molar-refractivity contribution in [2.24, 2.45) is 34.0 Å². The van der Waals surface area contributed by atoms with Gasteiger partial charge in [0.2, 0.25) is 0 Å². The maximum atomic E-state index is 11.8. The standard InChI is InChI=1S/C11H19NO3S/c1-6-7(2)9-4-8(6)5-10(9)11(13)12-16(3,14)15/h6-10H,4-5H2,1-3H3,(H,12,13,14,15). The minimum Gasteiger partial charge on any atom is -0.300 e.